The Morgan fingerprint density at radius 3 is 2.43 bits per heavy atom. The lowest BCUT2D eigenvalue weighted by molar-refractivity contribution is 0.0989. The zero-order valence-electron chi connectivity index (χ0n) is 19.6. The average molecular weight is 490 g/mol. The lowest BCUT2D eigenvalue weighted by Crippen LogP contribution is -2.39. The first kappa shape index (κ1) is 22.9. The van der Waals surface area contributed by atoms with Crippen molar-refractivity contribution in [2.75, 3.05) is 37.0 Å². The summed E-state index contributed by atoms with van der Waals surface area (Å²) in [6.07, 6.45) is 0.580. The van der Waals surface area contributed by atoms with Crippen LogP contribution in [0.1, 0.15) is 27.5 Å². The van der Waals surface area contributed by atoms with Crippen LogP contribution in [-0.2, 0) is 16.4 Å². The van der Waals surface area contributed by atoms with E-state index in [1.165, 1.54) is 6.07 Å². The van der Waals surface area contributed by atoms with Crippen LogP contribution in [0, 0.1) is 0 Å². The van der Waals surface area contributed by atoms with E-state index in [0.29, 0.717) is 18.5 Å². The number of guanidine groups is 1. The van der Waals surface area contributed by atoms with E-state index in [2.05, 4.69) is 4.99 Å². The number of fused-ring (bicyclic) bond motifs is 1. The summed E-state index contributed by atoms with van der Waals surface area (Å²) in [4.78, 5) is 21.3. The molecule has 0 saturated carbocycles. The van der Waals surface area contributed by atoms with Gasteiger partial charge in [0.25, 0.3) is 15.9 Å². The van der Waals surface area contributed by atoms with Crippen molar-refractivity contribution in [3.8, 4) is 0 Å². The molecule has 0 bridgehead atoms. The number of hydrogen-bond acceptors (Lipinski definition) is 6. The van der Waals surface area contributed by atoms with Crippen molar-refractivity contribution in [2.45, 2.75) is 17.4 Å². The van der Waals surface area contributed by atoms with Crippen molar-refractivity contribution >= 4 is 33.3 Å². The summed E-state index contributed by atoms with van der Waals surface area (Å²) in [5, 5.41) is 0. The minimum absolute atomic E-state index is 0.0164. The van der Waals surface area contributed by atoms with E-state index in [1.54, 1.807) is 17.0 Å². The number of nitrogens with zero attached hydrogens (tertiary/aromatic N) is 4. The number of nitrogens with two attached hydrogens (primary N) is 1. The summed E-state index contributed by atoms with van der Waals surface area (Å²) in [6.45, 7) is 0.652. The number of anilines is 2. The number of benzene rings is 3. The monoisotopic (exact) mass is 489 g/mol. The summed E-state index contributed by atoms with van der Waals surface area (Å²) < 4.78 is 28.0. The molecule has 2 heterocycles. The molecule has 0 saturated heterocycles. The second-order valence-electron chi connectivity index (χ2n) is 8.89. The van der Waals surface area contributed by atoms with E-state index < -0.39 is 10.0 Å². The second-order valence-corrected chi connectivity index (χ2v) is 10.8. The number of aliphatic imine (C=N–C) groups is 1. The number of amides is 1. The fourth-order valence-electron chi connectivity index (χ4n) is 4.53. The van der Waals surface area contributed by atoms with E-state index in [-0.39, 0.29) is 29.3 Å². The van der Waals surface area contributed by atoms with Gasteiger partial charge in [0.05, 0.1) is 17.5 Å². The van der Waals surface area contributed by atoms with Crippen LogP contribution in [-0.4, -0.2) is 51.8 Å². The number of hydrogen-bond donors (Lipinski definition) is 1. The van der Waals surface area contributed by atoms with E-state index in [4.69, 9.17) is 5.73 Å². The number of rotatable bonds is 5. The molecule has 0 radical (unpaired) electrons. The molecule has 1 amide bonds. The van der Waals surface area contributed by atoms with E-state index in [1.807, 2.05) is 73.6 Å². The molecule has 9 heteroatoms. The van der Waals surface area contributed by atoms with Crippen molar-refractivity contribution < 1.29 is 13.2 Å². The third kappa shape index (κ3) is 4.12. The molecule has 0 fully saturated rings. The maximum Gasteiger partial charge on any atom is 0.266 e. The highest BCUT2D eigenvalue weighted by Crippen LogP contribution is 2.34. The Hall–Kier alpha value is -3.85. The maximum absolute atomic E-state index is 13.4. The van der Waals surface area contributed by atoms with Gasteiger partial charge in [0.2, 0.25) is 5.96 Å². The second kappa shape index (κ2) is 8.74. The van der Waals surface area contributed by atoms with Crippen LogP contribution in [0.3, 0.4) is 0 Å². The Bertz CT molecular complexity index is 1400. The fourth-order valence-corrected chi connectivity index (χ4v) is 5.94. The smallest absolute Gasteiger partial charge is 0.266 e. The maximum atomic E-state index is 13.4. The van der Waals surface area contributed by atoms with Gasteiger partial charge in [-0.05, 0) is 60.0 Å². The molecule has 35 heavy (non-hydrogen) atoms. The highest BCUT2D eigenvalue weighted by Gasteiger charge is 2.35. The molecular weight excluding hydrogens is 462 g/mol. The van der Waals surface area contributed by atoms with Crippen LogP contribution >= 0.6 is 0 Å². The molecule has 180 valence electrons. The standard InChI is InChI=1S/C26H27N5O3S/c1-29(2)21-10-8-19(9-11-21)25(32)30-15-14-20-16-22(12-13-24(20)30)35(33,34)31-17-23(28-26(31)27)18-6-4-3-5-7-18/h3-13,16,23H,14-15,17H2,1-2H3,(H2,27,28). The van der Waals surface area contributed by atoms with Gasteiger partial charge in [-0.3, -0.25) is 4.79 Å². The Balaban J connectivity index is 1.37. The van der Waals surface area contributed by atoms with Crippen molar-refractivity contribution in [1.29, 1.82) is 0 Å². The molecule has 2 aliphatic heterocycles. The molecule has 0 spiro atoms. The summed E-state index contributed by atoms with van der Waals surface area (Å²) in [7, 11) is 0.0103. The fraction of sp³-hybridized carbons (Fsp3) is 0.231. The zero-order valence-corrected chi connectivity index (χ0v) is 20.4. The first-order chi connectivity index (χ1) is 16.8. The van der Waals surface area contributed by atoms with Crippen LogP contribution in [0.15, 0.2) is 82.7 Å². The first-order valence-corrected chi connectivity index (χ1v) is 12.8. The third-order valence-corrected chi connectivity index (χ3v) is 8.24. The number of carbonyl (C=O) groups excluding carboxylic acids is 1. The molecule has 2 N–H and O–H groups in total. The van der Waals surface area contributed by atoms with Gasteiger partial charge in [-0.15, -0.1) is 0 Å². The molecule has 0 aliphatic carbocycles. The Morgan fingerprint density at radius 2 is 1.74 bits per heavy atom. The van der Waals surface area contributed by atoms with Crippen LogP contribution in [0.25, 0.3) is 0 Å². The molecule has 3 aromatic rings. The van der Waals surface area contributed by atoms with Gasteiger partial charge < -0.3 is 15.5 Å². The molecule has 1 unspecified atom stereocenters. The SMILES string of the molecule is CN(C)c1ccc(C(=O)N2CCc3cc(S(=O)(=O)N4CC(c5ccccc5)N=C4N)ccc32)cc1. The minimum atomic E-state index is -3.88. The molecule has 5 rings (SSSR count). The molecule has 2 aliphatic rings. The largest absolute Gasteiger partial charge is 0.378 e. The lowest BCUT2D eigenvalue weighted by Gasteiger charge is -2.21. The Labute approximate surface area is 205 Å². The number of carbonyl (C=O) groups is 1. The molecule has 8 nitrogen and oxygen atoms in total. The highest BCUT2D eigenvalue weighted by atomic mass is 32.2. The summed E-state index contributed by atoms with van der Waals surface area (Å²) >= 11 is 0. The summed E-state index contributed by atoms with van der Waals surface area (Å²) in [6, 6.07) is 21.5. The van der Waals surface area contributed by atoms with E-state index >= 15 is 0 Å². The first-order valence-electron chi connectivity index (χ1n) is 11.4. The Kier molecular flexibility index (Phi) is 5.72. The average Bonchev–Trinajstić information content (AvgIpc) is 3.48. The van der Waals surface area contributed by atoms with Gasteiger partial charge in [-0.1, -0.05) is 30.3 Å². The van der Waals surface area contributed by atoms with Crippen molar-refractivity contribution in [3.63, 3.8) is 0 Å². The van der Waals surface area contributed by atoms with Gasteiger partial charge in [0.1, 0.15) is 0 Å². The number of sulfonamides is 1. The molecular formula is C26H27N5O3S. The van der Waals surface area contributed by atoms with Crippen LogP contribution in [0.2, 0.25) is 0 Å². The van der Waals surface area contributed by atoms with Crippen molar-refractivity contribution in [3.05, 3.63) is 89.5 Å². The predicted molar refractivity (Wildman–Crippen MR) is 137 cm³/mol. The van der Waals surface area contributed by atoms with Gasteiger partial charge >= 0.3 is 0 Å². The zero-order chi connectivity index (χ0) is 24.7. The highest BCUT2D eigenvalue weighted by molar-refractivity contribution is 7.89. The van der Waals surface area contributed by atoms with Gasteiger partial charge in [-0.2, -0.15) is 0 Å². The summed E-state index contributed by atoms with van der Waals surface area (Å²) in [5.41, 5.74) is 10.1. The van der Waals surface area contributed by atoms with Crippen molar-refractivity contribution in [1.82, 2.24) is 4.31 Å². The predicted octanol–water partition coefficient (Wildman–Crippen LogP) is 3.02. The quantitative estimate of drug-likeness (QED) is 0.594. The lowest BCUT2D eigenvalue weighted by atomic mass is 10.1. The van der Waals surface area contributed by atoms with Crippen molar-refractivity contribution in [2.24, 2.45) is 10.7 Å². The van der Waals surface area contributed by atoms with Gasteiger partial charge in [0.15, 0.2) is 0 Å². The molecule has 3 aromatic carbocycles. The van der Waals surface area contributed by atoms with Gasteiger partial charge in [-0.25, -0.2) is 17.7 Å². The van der Waals surface area contributed by atoms with E-state index in [0.717, 1.165) is 26.8 Å². The minimum Gasteiger partial charge on any atom is -0.378 e. The molecule has 1 atom stereocenters. The van der Waals surface area contributed by atoms with E-state index in [9.17, 15) is 13.2 Å². The van der Waals surface area contributed by atoms with Crippen LogP contribution < -0.4 is 15.5 Å². The van der Waals surface area contributed by atoms with Crippen LogP contribution in [0.5, 0.6) is 0 Å². The Morgan fingerprint density at radius 1 is 1.03 bits per heavy atom. The van der Waals surface area contributed by atoms with Gasteiger partial charge in [0, 0.05) is 37.6 Å². The van der Waals surface area contributed by atoms with Crippen LogP contribution in [0.4, 0.5) is 11.4 Å². The normalized spacial score (nSPS) is 17.3. The summed E-state index contributed by atoms with van der Waals surface area (Å²) in [5.74, 6) is -0.122. The topological polar surface area (TPSA) is 99.3 Å². The third-order valence-electron chi connectivity index (χ3n) is 6.48. The molecule has 0 aromatic heterocycles.